The van der Waals surface area contributed by atoms with Gasteiger partial charge in [-0.05, 0) is 32.1 Å². The molecule has 0 amide bonds. The number of hydrogen-bond donors (Lipinski definition) is 2. The molecule has 284 valence electrons. The SMILES string of the molecule is CCCC/C=C\CCCCCCCC(=O)OC(COC(=O)CCCCCCCCCCCCCCCCCCCCC)COP(=O)(O)O. The summed E-state index contributed by atoms with van der Waals surface area (Å²) in [5, 5.41) is 0. The van der Waals surface area contributed by atoms with Crippen molar-refractivity contribution in [2.75, 3.05) is 13.2 Å². The molecule has 0 saturated heterocycles. The molecular weight excluding hydrogens is 627 g/mol. The number of phosphoric ester groups is 1. The highest BCUT2D eigenvalue weighted by atomic mass is 31.2. The van der Waals surface area contributed by atoms with Crippen LogP contribution in [-0.4, -0.2) is 41.0 Å². The standard InChI is InChI=1S/C39H75O8P/c1-3-5-7-9-11-13-15-16-17-18-19-20-21-22-24-25-27-29-31-33-38(40)45-35-37(36-46-48(42,43)44)47-39(41)34-32-30-28-26-23-14-12-10-8-6-4-2/h10,12,37H,3-9,11,13-36H2,1-2H3,(H2,42,43,44)/b12-10-. The van der Waals surface area contributed by atoms with Crippen LogP contribution in [0.1, 0.15) is 206 Å². The number of hydrogen-bond acceptors (Lipinski definition) is 6. The zero-order valence-electron chi connectivity index (χ0n) is 31.2. The number of unbranched alkanes of at least 4 members (excludes halogenated alkanes) is 25. The lowest BCUT2D eigenvalue weighted by molar-refractivity contribution is -0.161. The van der Waals surface area contributed by atoms with Gasteiger partial charge in [0.2, 0.25) is 0 Å². The Morgan fingerprint density at radius 1 is 0.521 bits per heavy atom. The van der Waals surface area contributed by atoms with Crippen LogP contribution in [-0.2, 0) is 28.2 Å². The van der Waals surface area contributed by atoms with E-state index in [1.54, 1.807) is 0 Å². The van der Waals surface area contributed by atoms with E-state index in [2.05, 4.69) is 30.5 Å². The van der Waals surface area contributed by atoms with Crippen molar-refractivity contribution in [3.63, 3.8) is 0 Å². The highest BCUT2D eigenvalue weighted by Gasteiger charge is 2.22. The smallest absolute Gasteiger partial charge is 0.462 e. The van der Waals surface area contributed by atoms with Gasteiger partial charge in [0.05, 0.1) is 6.61 Å². The molecule has 0 aromatic rings. The van der Waals surface area contributed by atoms with E-state index in [1.807, 2.05) is 0 Å². The molecule has 0 aliphatic rings. The second-order valence-corrected chi connectivity index (χ2v) is 14.9. The summed E-state index contributed by atoms with van der Waals surface area (Å²) in [6.07, 6.45) is 38.0. The van der Waals surface area contributed by atoms with E-state index in [-0.39, 0.29) is 19.4 Å². The third-order valence-electron chi connectivity index (χ3n) is 8.78. The molecule has 1 unspecified atom stereocenters. The largest absolute Gasteiger partial charge is 0.469 e. The highest BCUT2D eigenvalue weighted by Crippen LogP contribution is 2.36. The molecule has 0 saturated carbocycles. The van der Waals surface area contributed by atoms with Crippen molar-refractivity contribution in [3.05, 3.63) is 12.2 Å². The third kappa shape index (κ3) is 37.6. The van der Waals surface area contributed by atoms with Gasteiger partial charge in [0.15, 0.2) is 6.10 Å². The number of carbonyl (C=O) groups excluding carboxylic acids is 2. The van der Waals surface area contributed by atoms with Crippen LogP contribution >= 0.6 is 7.82 Å². The van der Waals surface area contributed by atoms with Crippen molar-refractivity contribution < 1.29 is 37.9 Å². The Balaban J connectivity index is 3.85. The Labute approximate surface area is 295 Å². The summed E-state index contributed by atoms with van der Waals surface area (Å²) >= 11 is 0. The van der Waals surface area contributed by atoms with E-state index in [0.717, 1.165) is 57.8 Å². The first-order valence-electron chi connectivity index (χ1n) is 20.0. The molecule has 0 aromatic carbocycles. The fourth-order valence-electron chi connectivity index (χ4n) is 5.77. The van der Waals surface area contributed by atoms with Crippen LogP contribution in [0, 0.1) is 0 Å². The molecule has 2 N–H and O–H groups in total. The molecule has 9 heteroatoms. The van der Waals surface area contributed by atoms with Crippen LogP contribution in [0.3, 0.4) is 0 Å². The van der Waals surface area contributed by atoms with Crippen LogP contribution in [0.5, 0.6) is 0 Å². The average Bonchev–Trinajstić information content (AvgIpc) is 3.05. The van der Waals surface area contributed by atoms with Crippen molar-refractivity contribution in [2.24, 2.45) is 0 Å². The van der Waals surface area contributed by atoms with Gasteiger partial charge in [-0.25, -0.2) is 4.57 Å². The van der Waals surface area contributed by atoms with Crippen LogP contribution in [0.4, 0.5) is 0 Å². The van der Waals surface area contributed by atoms with Gasteiger partial charge in [0, 0.05) is 12.8 Å². The Bertz CT molecular complexity index is 797. The molecule has 8 nitrogen and oxygen atoms in total. The summed E-state index contributed by atoms with van der Waals surface area (Å²) < 4.78 is 26.3. The van der Waals surface area contributed by atoms with Gasteiger partial charge in [0.25, 0.3) is 0 Å². The van der Waals surface area contributed by atoms with Crippen molar-refractivity contribution in [2.45, 2.75) is 213 Å². The first-order chi connectivity index (χ1) is 23.3. The minimum absolute atomic E-state index is 0.205. The van der Waals surface area contributed by atoms with Crippen LogP contribution in [0.2, 0.25) is 0 Å². The van der Waals surface area contributed by atoms with Crippen molar-refractivity contribution in [1.82, 2.24) is 0 Å². The highest BCUT2D eigenvalue weighted by molar-refractivity contribution is 7.46. The van der Waals surface area contributed by atoms with Crippen molar-refractivity contribution in [1.29, 1.82) is 0 Å². The topological polar surface area (TPSA) is 119 Å². The first kappa shape index (κ1) is 46.8. The number of ether oxygens (including phenoxy) is 2. The molecular formula is C39H75O8P. The number of rotatable bonds is 37. The molecule has 0 aliphatic heterocycles. The Kier molecular flexibility index (Phi) is 34.7. The Morgan fingerprint density at radius 2 is 0.896 bits per heavy atom. The number of allylic oxidation sites excluding steroid dienone is 2. The molecule has 0 bridgehead atoms. The summed E-state index contributed by atoms with van der Waals surface area (Å²) in [6, 6.07) is 0. The van der Waals surface area contributed by atoms with E-state index >= 15 is 0 Å². The molecule has 0 fully saturated rings. The van der Waals surface area contributed by atoms with Gasteiger partial charge in [-0.1, -0.05) is 174 Å². The van der Waals surface area contributed by atoms with Gasteiger partial charge < -0.3 is 19.3 Å². The summed E-state index contributed by atoms with van der Waals surface area (Å²) in [4.78, 5) is 42.7. The second-order valence-electron chi connectivity index (χ2n) is 13.6. The maximum absolute atomic E-state index is 12.3. The van der Waals surface area contributed by atoms with E-state index in [9.17, 15) is 14.2 Å². The van der Waals surface area contributed by atoms with E-state index in [0.29, 0.717) is 6.42 Å². The summed E-state index contributed by atoms with van der Waals surface area (Å²) in [7, 11) is -4.75. The van der Waals surface area contributed by atoms with E-state index < -0.39 is 32.5 Å². The lowest BCUT2D eigenvalue weighted by Gasteiger charge is -2.18. The number of carbonyl (C=O) groups is 2. The van der Waals surface area contributed by atoms with Gasteiger partial charge in [-0.3, -0.25) is 14.1 Å². The molecule has 1 atom stereocenters. The lowest BCUT2D eigenvalue weighted by Crippen LogP contribution is -2.29. The quantitative estimate of drug-likeness (QED) is 0.0284. The summed E-state index contributed by atoms with van der Waals surface area (Å²) in [5.41, 5.74) is 0. The average molecular weight is 703 g/mol. The van der Waals surface area contributed by atoms with Gasteiger partial charge in [-0.15, -0.1) is 0 Å². The molecule has 0 heterocycles. The monoisotopic (exact) mass is 703 g/mol. The van der Waals surface area contributed by atoms with Crippen LogP contribution in [0.15, 0.2) is 12.2 Å². The predicted octanol–water partition coefficient (Wildman–Crippen LogP) is 11.8. The molecule has 48 heavy (non-hydrogen) atoms. The normalized spacial score (nSPS) is 12.5. The fraction of sp³-hybridized carbons (Fsp3) is 0.897. The van der Waals surface area contributed by atoms with Crippen molar-refractivity contribution >= 4 is 19.8 Å². The maximum Gasteiger partial charge on any atom is 0.469 e. The molecule has 0 radical (unpaired) electrons. The molecule has 0 rings (SSSR count). The second kappa shape index (κ2) is 35.6. The Hall–Kier alpha value is -1.21. The van der Waals surface area contributed by atoms with Crippen molar-refractivity contribution in [3.8, 4) is 0 Å². The zero-order chi connectivity index (χ0) is 35.4. The van der Waals surface area contributed by atoms with Gasteiger partial charge >= 0.3 is 19.8 Å². The molecule has 0 aliphatic carbocycles. The first-order valence-corrected chi connectivity index (χ1v) is 21.5. The molecule has 0 spiro atoms. The lowest BCUT2D eigenvalue weighted by atomic mass is 10.0. The predicted molar refractivity (Wildman–Crippen MR) is 198 cm³/mol. The Morgan fingerprint density at radius 3 is 1.33 bits per heavy atom. The zero-order valence-corrected chi connectivity index (χ0v) is 32.0. The molecule has 0 aromatic heterocycles. The number of phosphoric acid groups is 1. The summed E-state index contributed by atoms with van der Waals surface area (Å²) in [6.45, 7) is 3.65. The maximum atomic E-state index is 12.3. The number of esters is 2. The summed E-state index contributed by atoms with van der Waals surface area (Å²) in [5.74, 6) is -0.887. The minimum Gasteiger partial charge on any atom is -0.462 e. The van der Waals surface area contributed by atoms with E-state index in [1.165, 1.54) is 116 Å². The van der Waals surface area contributed by atoms with Gasteiger partial charge in [0.1, 0.15) is 6.61 Å². The van der Waals surface area contributed by atoms with Crippen LogP contribution in [0.25, 0.3) is 0 Å². The minimum atomic E-state index is -4.75. The van der Waals surface area contributed by atoms with Gasteiger partial charge in [-0.2, -0.15) is 0 Å². The van der Waals surface area contributed by atoms with Crippen LogP contribution < -0.4 is 0 Å². The fourth-order valence-corrected chi connectivity index (χ4v) is 6.13. The third-order valence-corrected chi connectivity index (χ3v) is 9.27. The van der Waals surface area contributed by atoms with E-state index in [4.69, 9.17) is 19.3 Å².